The molecule has 1 rings (SSSR count). The van der Waals surface area contributed by atoms with E-state index in [9.17, 15) is 0 Å². The number of rotatable bonds is 0. The Kier molecular flexibility index (Phi) is 1.24. The lowest BCUT2D eigenvalue weighted by Crippen LogP contribution is -2.38. The van der Waals surface area contributed by atoms with Crippen molar-refractivity contribution in [2.24, 2.45) is 0 Å². The van der Waals surface area contributed by atoms with Gasteiger partial charge in [0.05, 0.1) is 6.61 Å². The molecule has 0 saturated carbocycles. The van der Waals surface area contributed by atoms with Gasteiger partial charge in [-0.2, -0.15) is 0 Å². The van der Waals surface area contributed by atoms with Gasteiger partial charge in [-0.25, -0.2) is 0 Å². The first-order chi connectivity index (χ1) is 3.63. The molecule has 4 nitrogen and oxygen atoms in total. The SMILES string of the molecule is OC1C[CH]OC1(O)O. The summed E-state index contributed by atoms with van der Waals surface area (Å²) in [4.78, 5) is 0. The van der Waals surface area contributed by atoms with E-state index < -0.39 is 12.1 Å². The van der Waals surface area contributed by atoms with Crippen LogP contribution in [0, 0.1) is 6.61 Å². The molecule has 0 amide bonds. The monoisotopic (exact) mass is 119 g/mol. The quantitative estimate of drug-likeness (QED) is 0.342. The largest absolute Gasteiger partial charge is 0.385 e. The van der Waals surface area contributed by atoms with Crippen molar-refractivity contribution >= 4 is 0 Å². The molecule has 1 heterocycles. The summed E-state index contributed by atoms with van der Waals surface area (Å²) < 4.78 is 4.19. The van der Waals surface area contributed by atoms with Crippen LogP contribution in [0.1, 0.15) is 6.42 Å². The van der Waals surface area contributed by atoms with Gasteiger partial charge in [0.15, 0.2) is 0 Å². The Hall–Kier alpha value is -0.160. The predicted octanol–water partition coefficient (Wildman–Crippen LogP) is -1.43. The van der Waals surface area contributed by atoms with E-state index in [-0.39, 0.29) is 6.42 Å². The van der Waals surface area contributed by atoms with Crippen LogP contribution < -0.4 is 0 Å². The minimum Gasteiger partial charge on any atom is -0.385 e. The Balaban J connectivity index is 2.54. The predicted molar refractivity (Wildman–Crippen MR) is 23.2 cm³/mol. The first kappa shape index (κ1) is 5.97. The van der Waals surface area contributed by atoms with Gasteiger partial charge in [0.25, 0.3) is 0 Å². The van der Waals surface area contributed by atoms with E-state index >= 15 is 0 Å². The fraction of sp³-hybridized carbons (Fsp3) is 0.750. The molecule has 0 spiro atoms. The highest BCUT2D eigenvalue weighted by Crippen LogP contribution is 2.22. The highest BCUT2D eigenvalue weighted by Gasteiger charge is 2.40. The molecule has 4 heteroatoms. The topological polar surface area (TPSA) is 69.9 Å². The van der Waals surface area contributed by atoms with Crippen molar-refractivity contribution < 1.29 is 20.1 Å². The van der Waals surface area contributed by atoms with E-state index in [4.69, 9.17) is 15.3 Å². The van der Waals surface area contributed by atoms with Crippen molar-refractivity contribution in [3.8, 4) is 0 Å². The average Bonchev–Trinajstić information content (AvgIpc) is 1.86. The maximum absolute atomic E-state index is 8.60. The van der Waals surface area contributed by atoms with Crippen molar-refractivity contribution in [3.05, 3.63) is 6.61 Å². The van der Waals surface area contributed by atoms with Gasteiger partial charge in [0.2, 0.25) is 0 Å². The fourth-order valence-corrected chi connectivity index (χ4v) is 0.494. The zero-order valence-electron chi connectivity index (χ0n) is 4.11. The van der Waals surface area contributed by atoms with Crippen molar-refractivity contribution in [2.45, 2.75) is 18.5 Å². The molecule has 1 aliphatic heterocycles. The van der Waals surface area contributed by atoms with Gasteiger partial charge in [-0.1, -0.05) is 0 Å². The van der Waals surface area contributed by atoms with E-state index in [1.807, 2.05) is 0 Å². The van der Waals surface area contributed by atoms with Crippen molar-refractivity contribution in [1.29, 1.82) is 0 Å². The van der Waals surface area contributed by atoms with Crippen molar-refractivity contribution in [3.63, 3.8) is 0 Å². The van der Waals surface area contributed by atoms with Crippen LogP contribution in [0.4, 0.5) is 0 Å². The van der Waals surface area contributed by atoms with E-state index in [0.29, 0.717) is 0 Å². The second kappa shape index (κ2) is 1.66. The Morgan fingerprint density at radius 3 is 2.38 bits per heavy atom. The van der Waals surface area contributed by atoms with Gasteiger partial charge in [-0.05, 0) is 0 Å². The first-order valence-electron chi connectivity index (χ1n) is 2.25. The fourth-order valence-electron chi connectivity index (χ4n) is 0.494. The summed E-state index contributed by atoms with van der Waals surface area (Å²) in [5.41, 5.74) is 0. The van der Waals surface area contributed by atoms with Gasteiger partial charge in [0, 0.05) is 6.42 Å². The smallest absolute Gasteiger partial charge is 0.305 e. The molecule has 1 radical (unpaired) electrons. The summed E-state index contributed by atoms with van der Waals surface area (Å²) in [6.45, 7) is 1.16. The lowest BCUT2D eigenvalue weighted by molar-refractivity contribution is -0.337. The number of hydrogen-bond donors (Lipinski definition) is 3. The summed E-state index contributed by atoms with van der Waals surface area (Å²) in [5.74, 6) is -2.35. The minimum atomic E-state index is -2.35. The summed E-state index contributed by atoms with van der Waals surface area (Å²) in [7, 11) is 0. The van der Waals surface area contributed by atoms with Gasteiger partial charge >= 0.3 is 5.97 Å². The Labute approximate surface area is 46.3 Å². The summed E-state index contributed by atoms with van der Waals surface area (Å²) in [6.07, 6.45) is -1.05. The average molecular weight is 119 g/mol. The molecular formula is C4H7O4. The van der Waals surface area contributed by atoms with Crippen molar-refractivity contribution in [1.82, 2.24) is 0 Å². The molecule has 0 aromatic carbocycles. The Bertz CT molecular complexity index is 90.0. The third kappa shape index (κ3) is 0.830. The van der Waals surface area contributed by atoms with E-state index in [2.05, 4.69) is 4.74 Å². The summed E-state index contributed by atoms with van der Waals surface area (Å²) in [6, 6.07) is 0. The van der Waals surface area contributed by atoms with Gasteiger partial charge in [-0.3, -0.25) is 0 Å². The standard InChI is InChI=1S/C4H7O4/c5-3-1-2-8-4(3,6)7/h2-3,5-7H,1H2. The van der Waals surface area contributed by atoms with Crippen LogP contribution in [0.15, 0.2) is 0 Å². The van der Waals surface area contributed by atoms with Crippen LogP contribution in [0.3, 0.4) is 0 Å². The summed E-state index contributed by atoms with van der Waals surface area (Å²) >= 11 is 0. The molecule has 1 aliphatic rings. The third-order valence-electron chi connectivity index (χ3n) is 1.01. The molecule has 1 atom stereocenters. The van der Waals surface area contributed by atoms with Crippen LogP contribution in [0.2, 0.25) is 0 Å². The minimum absolute atomic E-state index is 0.160. The normalized spacial score (nSPS) is 35.6. The molecule has 0 bridgehead atoms. The third-order valence-corrected chi connectivity index (χ3v) is 1.01. The molecule has 0 aromatic rings. The first-order valence-corrected chi connectivity index (χ1v) is 2.25. The van der Waals surface area contributed by atoms with Crippen molar-refractivity contribution in [2.75, 3.05) is 0 Å². The molecule has 47 valence electrons. The van der Waals surface area contributed by atoms with Crippen LogP contribution in [0.25, 0.3) is 0 Å². The Morgan fingerprint density at radius 2 is 2.25 bits per heavy atom. The second-order valence-corrected chi connectivity index (χ2v) is 1.69. The molecule has 1 fully saturated rings. The van der Waals surface area contributed by atoms with Crippen LogP contribution in [0.5, 0.6) is 0 Å². The van der Waals surface area contributed by atoms with Crippen LogP contribution in [-0.2, 0) is 4.74 Å². The maximum atomic E-state index is 8.60. The lowest BCUT2D eigenvalue weighted by atomic mass is 10.3. The van der Waals surface area contributed by atoms with Gasteiger partial charge in [0.1, 0.15) is 6.10 Å². The zero-order chi connectivity index (χ0) is 6.20. The molecule has 0 aromatic heterocycles. The van der Waals surface area contributed by atoms with Crippen LogP contribution in [-0.4, -0.2) is 27.4 Å². The van der Waals surface area contributed by atoms with Crippen LogP contribution >= 0.6 is 0 Å². The number of hydrogen-bond acceptors (Lipinski definition) is 4. The molecule has 8 heavy (non-hydrogen) atoms. The number of aliphatic hydroxyl groups is 3. The number of ether oxygens (including phenoxy) is 1. The van der Waals surface area contributed by atoms with E-state index in [1.165, 1.54) is 0 Å². The molecule has 1 unspecified atom stereocenters. The number of aliphatic hydroxyl groups excluding tert-OH is 1. The summed E-state index contributed by atoms with van der Waals surface area (Å²) in [5, 5.41) is 25.6. The van der Waals surface area contributed by atoms with Gasteiger partial charge in [-0.15, -0.1) is 0 Å². The lowest BCUT2D eigenvalue weighted by Gasteiger charge is -2.16. The molecule has 1 saturated heterocycles. The zero-order valence-corrected chi connectivity index (χ0v) is 4.11. The molecule has 0 aliphatic carbocycles. The maximum Gasteiger partial charge on any atom is 0.305 e. The van der Waals surface area contributed by atoms with E-state index in [0.717, 1.165) is 6.61 Å². The van der Waals surface area contributed by atoms with Gasteiger partial charge < -0.3 is 20.1 Å². The molecule has 3 N–H and O–H groups in total. The highest BCUT2D eigenvalue weighted by molar-refractivity contribution is 4.78. The van der Waals surface area contributed by atoms with E-state index in [1.54, 1.807) is 0 Å². The highest BCUT2D eigenvalue weighted by atomic mass is 16.8. The molecular weight excluding hydrogens is 112 g/mol. The Morgan fingerprint density at radius 1 is 1.62 bits per heavy atom. The second-order valence-electron chi connectivity index (χ2n) is 1.69.